The Balaban J connectivity index is 2.13. The number of aryl methyl sites for hydroxylation is 2. The minimum atomic E-state index is -1.05. The number of ether oxygens (including phenoxy) is 3. The Morgan fingerprint density at radius 2 is 1.70 bits per heavy atom. The third-order valence-electron chi connectivity index (χ3n) is 3.99. The molecular weight excluding hydrogens is 350 g/mol. The van der Waals surface area contributed by atoms with Gasteiger partial charge in [0.15, 0.2) is 6.61 Å². The van der Waals surface area contributed by atoms with Crippen LogP contribution in [-0.2, 0) is 11.3 Å². The van der Waals surface area contributed by atoms with Crippen LogP contribution in [0.5, 0.6) is 17.2 Å². The molecule has 7 heteroatoms. The van der Waals surface area contributed by atoms with Crippen LogP contribution in [0.15, 0.2) is 30.3 Å². The molecule has 0 saturated carbocycles. The quantitative estimate of drug-likeness (QED) is 0.739. The van der Waals surface area contributed by atoms with E-state index in [-0.39, 0.29) is 12.5 Å². The van der Waals surface area contributed by atoms with Crippen LogP contribution in [0.4, 0.5) is 0 Å². The van der Waals surface area contributed by atoms with Crippen molar-refractivity contribution in [3.8, 4) is 17.2 Å². The third kappa shape index (κ3) is 5.13. The van der Waals surface area contributed by atoms with Gasteiger partial charge in [0.1, 0.15) is 17.2 Å². The lowest BCUT2D eigenvalue weighted by Crippen LogP contribution is -2.23. The van der Waals surface area contributed by atoms with Gasteiger partial charge in [-0.05, 0) is 55.3 Å². The molecule has 144 valence electrons. The first-order valence-electron chi connectivity index (χ1n) is 8.30. The molecule has 0 fully saturated rings. The molecule has 0 atom stereocenters. The number of aliphatic carboxylic acids is 1. The molecule has 0 aliphatic carbocycles. The fourth-order valence-corrected chi connectivity index (χ4v) is 2.74. The van der Waals surface area contributed by atoms with Gasteiger partial charge in [-0.15, -0.1) is 0 Å². The molecule has 0 heterocycles. The zero-order chi connectivity index (χ0) is 20.0. The Kier molecular flexibility index (Phi) is 6.65. The van der Waals surface area contributed by atoms with Crippen LogP contribution in [0.2, 0.25) is 0 Å². The summed E-state index contributed by atoms with van der Waals surface area (Å²) in [4.78, 5) is 23.2. The van der Waals surface area contributed by atoms with E-state index in [4.69, 9.17) is 19.3 Å². The van der Waals surface area contributed by atoms with Gasteiger partial charge in [-0.3, -0.25) is 4.79 Å². The normalized spacial score (nSPS) is 10.2. The first-order valence-corrected chi connectivity index (χ1v) is 8.30. The molecule has 0 aliphatic heterocycles. The van der Waals surface area contributed by atoms with Gasteiger partial charge in [0.05, 0.1) is 14.2 Å². The van der Waals surface area contributed by atoms with E-state index in [1.54, 1.807) is 58.4 Å². The molecule has 0 unspecified atom stereocenters. The summed E-state index contributed by atoms with van der Waals surface area (Å²) in [5.74, 6) is 0.495. The van der Waals surface area contributed by atoms with E-state index in [0.29, 0.717) is 33.9 Å². The van der Waals surface area contributed by atoms with Crippen LogP contribution < -0.4 is 19.5 Å². The summed E-state index contributed by atoms with van der Waals surface area (Å²) in [6.07, 6.45) is 0. The summed E-state index contributed by atoms with van der Waals surface area (Å²) in [5.41, 5.74) is 2.65. The van der Waals surface area contributed by atoms with E-state index in [0.717, 1.165) is 5.56 Å². The van der Waals surface area contributed by atoms with E-state index in [9.17, 15) is 9.59 Å². The number of rotatable bonds is 8. The van der Waals surface area contributed by atoms with Crippen molar-refractivity contribution in [2.75, 3.05) is 20.8 Å². The van der Waals surface area contributed by atoms with Crippen LogP contribution >= 0.6 is 0 Å². The van der Waals surface area contributed by atoms with Gasteiger partial charge in [0.25, 0.3) is 5.91 Å². The fourth-order valence-electron chi connectivity index (χ4n) is 2.74. The highest BCUT2D eigenvalue weighted by Crippen LogP contribution is 2.26. The lowest BCUT2D eigenvalue weighted by Gasteiger charge is -2.14. The van der Waals surface area contributed by atoms with E-state index in [1.165, 1.54) is 0 Å². The third-order valence-corrected chi connectivity index (χ3v) is 3.99. The summed E-state index contributed by atoms with van der Waals surface area (Å²) in [7, 11) is 3.14. The zero-order valence-corrected chi connectivity index (χ0v) is 15.8. The van der Waals surface area contributed by atoms with Gasteiger partial charge < -0.3 is 24.6 Å². The van der Waals surface area contributed by atoms with Crippen molar-refractivity contribution in [3.63, 3.8) is 0 Å². The van der Waals surface area contributed by atoms with Crippen molar-refractivity contribution in [1.29, 1.82) is 0 Å². The number of nitrogens with one attached hydrogen (secondary N) is 1. The van der Waals surface area contributed by atoms with E-state index in [1.807, 2.05) is 0 Å². The zero-order valence-electron chi connectivity index (χ0n) is 15.8. The Morgan fingerprint density at radius 3 is 2.26 bits per heavy atom. The maximum atomic E-state index is 12.5. The van der Waals surface area contributed by atoms with Gasteiger partial charge in [-0.25, -0.2) is 4.79 Å². The topological polar surface area (TPSA) is 94.1 Å². The van der Waals surface area contributed by atoms with Gasteiger partial charge >= 0.3 is 5.97 Å². The Morgan fingerprint density at radius 1 is 1.04 bits per heavy atom. The minimum Gasteiger partial charge on any atom is -0.497 e. The summed E-state index contributed by atoms with van der Waals surface area (Å²) in [6.45, 7) is 3.38. The second kappa shape index (κ2) is 8.93. The van der Waals surface area contributed by atoms with E-state index in [2.05, 4.69) is 5.32 Å². The van der Waals surface area contributed by atoms with Crippen LogP contribution in [0.3, 0.4) is 0 Å². The molecule has 27 heavy (non-hydrogen) atoms. The first kappa shape index (κ1) is 20.1. The monoisotopic (exact) mass is 373 g/mol. The number of hydrogen-bond acceptors (Lipinski definition) is 5. The van der Waals surface area contributed by atoms with Crippen molar-refractivity contribution in [1.82, 2.24) is 5.32 Å². The van der Waals surface area contributed by atoms with E-state index >= 15 is 0 Å². The second-order valence-corrected chi connectivity index (χ2v) is 5.98. The summed E-state index contributed by atoms with van der Waals surface area (Å²) < 4.78 is 15.8. The Labute approximate surface area is 157 Å². The SMILES string of the molecule is COc1ccc(OC)c(CNC(=O)c2cc(C)c(OCC(=O)O)c(C)c2)c1. The molecule has 2 aromatic rings. The smallest absolute Gasteiger partial charge is 0.341 e. The maximum Gasteiger partial charge on any atom is 0.341 e. The molecule has 0 bridgehead atoms. The highest BCUT2D eigenvalue weighted by Gasteiger charge is 2.14. The molecule has 0 aliphatic rings. The number of methoxy groups -OCH3 is 2. The largest absolute Gasteiger partial charge is 0.497 e. The van der Waals surface area contributed by atoms with Gasteiger partial charge in [-0.1, -0.05) is 0 Å². The predicted molar refractivity (Wildman–Crippen MR) is 99.8 cm³/mol. The summed E-state index contributed by atoms with van der Waals surface area (Å²) in [6, 6.07) is 8.71. The van der Waals surface area contributed by atoms with Gasteiger partial charge in [0, 0.05) is 17.7 Å². The lowest BCUT2D eigenvalue weighted by atomic mass is 10.0. The lowest BCUT2D eigenvalue weighted by molar-refractivity contribution is -0.139. The van der Waals surface area contributed by atoms with Crippen LogP contribution in [0.25, 0.3) is 0 Å². The number of carbonyl (C=O) groups excluding carboxylic acids is 1. The molecule has 2 aromatic carbocycles. The summed E-state index contributed by atoms with van der Waals surface area (Å²) >= 11 is 0. The first-order chi connectivity index (χ1) is 12.8. The molecular formula is C20H23NO6. The van der Waals surface area contributed by atoms with Gasteiger partial charge in [0.2, 0.25) is 0 Å². The van der Waals surface area contributed by atoms with Crippen molar-refractivity contribution < 1.29 is 28.9 Å². The Bertz CT molecular complexity index is 823. The summed E-state index contributed by atoms with van der Waals surface area (Å²) in [5, 5.41) is 11.6. The molecule has 0 saturated heterocycles. The number of carboxylic acids is 1. The van der Waals surface area contributed by atoms with Crippen LogP contribution in [0.1, 0.15) is 27.0 Å². The van der Waals surface area contributed by atoms with Crippen molar-refractivity contribution >= 4 is 11.9 Å². The highest BCUT2D eigenvalue weighted by molar-refractivity contribution is 5.95. The molecule has 0 aromatic heterocycles. The van der Waals surface area contributed by atoms with E-state index < -0.39 is 12.6 Å². The van der Waals surface area contributed by atoms with Crippen LogP contribution in [-0.4, -0.2) is 37.8 Å². The van der Waals surface area contributed by atoms with Crippen molar-refractivity contribution in [2.45, 2.75) is 20.4 Å². The number of amides is 1. The average molecular weight is 373 g/mol. The number of carboxylic acid groups (broad SMARTS) is 1. The highest BCUT2D eigenvalue weighted by atomic mass is 16.5. The molecule has 1 amide bonds. The number of carbonyl (C=O) groups is 2. The Hall–Kier alpha value is -3.22. The standard InChI is InChI=1S/C20H23NO6/c1-12-7-14(8-13(2)19(12)27-11-18(22)23)20(24)21-10-15-9-16(25-3)5-6-17(15)26-4/h5-9H,10-11H2,1-4H3,(H,21,24)(H,22,23). The molecule has 2 rings (SSSR count). The number of benzene rings is 2. The molecule has 2 N–H and O–H groups in total. The maximum absolute atomic E-state index is 12.5. The van der Waals surface area contributed by atoms with Crippen LogP contribution in [0, 0.1) is 13.8 Å². The molecule has 7 nitrogen and oxygen atoms in total. The fraction of sp³-hybridized carbons (Fsp3) is 0.300. The number of hydrogen-bond donors (Lipinski definition) is 2. The minimum absolute atomic E-state index is 0.254. The second-order valence-electron chi connectivity index (χ2n) is 5.98. The molecule has 0 radical (unpaired) electrons. The average Bonchev–Trinajstić information content (AvgIpc) is 2.64. The molecule has 0 spiro atoms. The predicted octanol–water partition coefficient (Wildman–Crippen LogP) is 2.71. The van der Waals surface area contributed by atoms with Gasteiger partial charge in [-0.2, -0.15) is 0 Å². The van der Waals surface area contributed by atoms with Crippen molar-refractivity contribution in [3.05, 3.63) is 52.6 Å². The van der Waals surface area contributed by atoms with Crippen molar-refractivity contribution in [2.24, 2.45) is 0 Å².